The molecule has 2 heterocycles. The van der Waals surface area contributed by atoms with Gasteiger partial charge in [-0.05, 0) is 43.5 Å². The van der Waals surface area contributed by atoms with Crippen LogP contribution in [-0.2, 0) is 10.0 Å². The third-order valence-electron chi connectivity index (χ3n) is 4.12. The number of nitrogens with zero attached hydrogens (tertiary/aromatic N) is 1. The predicted octanol–water partition coefficient (Wildman–Crippen LogP) is 1.06. The van der Waals surface area contributed by atoms with Crippen molar-refractivity contribution < 1.29 is 12.8 Å². The van der Waals surface area contributed by atoms with Crippen LogP contribution in [0.15, 0.2) is 29.2 Å². The zero-order chi connectivity index (χ0) is 13.5. The molecule has 2 unspecified atom stereocenters. The molecule has 1 N–H and O–H groups in total. The third kappa shape index (κ3) is 2.28. The van der Waals surface area contributed by atoms with Crippen molar-refractivity contribution in [2.75, 3.05) is 26.2 Å². The van der Waals surface area contributed by atoms with Crippen molar-refractivity contribution in [1.82, 2.24) is 9.62 Å². The molecule has 2 aliphatic heterocycles. The highest BCUT2D eigenvalue weighted by Gasteiger charge is 2.38. The maximum Gasteiger partial charge on any atom is 0.245 e. The van der Waals surface area contributed by atoms with Gasteiger partial charge >= 0.3 is 0 Å². The zero-order valence-electron chi connectivity index (χ0n) is 10.5. The van der Waals surface area contributed by atoms with Crippen LogP contribution in [0.3, 0.4) is 0 Å². The van der Waals surface area contributed by atoms with Crippen LogP contribution in [0.25, 0.3) is 0 Å². The lowest BCUT2D eigenvalue weighted by molar-refractivity contribution is 0.227. The summed E-state index contributed by atoms with van der Waals surface area (Å²) in [6, 6.07) is 5.59. The first-order valence-corrected chi connectivity index (χ1v) is 7.98. The largest absolute Gasteiger partial charge is 0.316 e. The number of fused-ring (bicyclic) bond motifs is 1. The van der Waals surface area contributed by atoms with E-state index in [2.05, 4.69) is 5.32 Å². The molecule has 19 heavy (non-hydrogen) atoms. The van der Waals surface area contributed by atoms with Crippen LogP contribution in [0.2, 0.25) is 0 Å². The second-order valence-electron chi connectivity index (χ2n) is 5.26. The smallest absolute Gasteiger partial charge is 0.245 e. The van der Waals surface area contributed by atoms with Crippen LogP contribution < -0.4 is 5.32 Å². The topological polar surface area (TPSA) is 49.4 Å². The van der Waals surface area contributed by atoms with E-state index in [4.69, 9.17) is 0 Å². The summed E-state index contributed by atoms with van der Waals surface area (Å²) in [5.74, 6) is 0.247. The number of hydrogen-bond acceptors (Lipinski definition) is 3. The summed E-state index contributed by atoms with van der Waals surface area (Å²) in [5, 5.41) is 3.29. The second kappa shape index (κ2) is 4.85. The Morgan fingerprint density at radius 2 is 1.95 bits per heavy atom. The Kier molecular flexibility index (Phi) is 3.32. The van der Waals surface area contributed by atoms with E-state index in [1.165, 1.54) is 22.5 Å². The van der Waals surface area contributed by atoms with E-state index in [0.29, 0.717) is 24.9 Å². The van der Waals surface area contributed by atoms with Crippen molar-refractivity contribution in [2.45, 2.75) is 11.3 Å². The molecule has 4 nitrogen and oxygen atoms in total. The fourth-order valence-corrected chi connectivity index (χ4v) is 4.59. The average molecular weight is 284 g/mol. The molecule has 2 saturated heterocycles. The van der Waals surface area contributed by atoms with Gasteiger partial charge in [0.2, 0.25) is 10.0 Å². The van der Waals surface area contributed by atoms with Gasteiger partial charge in [-0.1, -0.05) is 12.1 Å². The van der Waals surface area contributed by atoms with Crippen molar-refractivity contribution in [3.8, 4) is 0 Å². The first-order chi connectivity index (χ1) is 9.09. The quantitative estimate of drug-likeness (QED) is 0.883. The molecule has 104 valence electrons. The van der Waals surface area contributed by atoms with E-state index in [1.54, 1.807) is 6.07 Å². The van der Waals surface area contributed by atoms with Crippen LogP contribution in [0.4, 0.5) is 4.39 Å². The maximum atomic E-state index is 13.7. The van der Waals surface area contributed by atoms with Crippen molar-refractivity contribution in [3.63, 3.8) is 0 Å². The van der Waals surface area contributed by atoms with E-state index in [9.17, 15) is 12.8 Å². The molecule has 1 aromatic rings. The highest BCUT2D eigenvalue weighted by molar-refractivity contribution is 7.89. The highest BCUT2D eigenvalue weighted by Crippen LogP contribution is 2.30. The van der Waals surface area contributed by atoms with E-state index < -0.39 is 15.8 Å². The minimum atomic E-state index is -3.70. The van der Waals surface area contributed by atoms with Crippen LogP contribution in [0.1, 0.15) is 6.42 Å². The molecule has 2 atom stereocenters. The lowest BCUT2D eigenvalue weighted by atomic mass is 9.90. The first kappa shape index (κ1) is 13.0. The fraction of sp³-hybridized carbons (Fsp3) is 0.538. The van der Waals surface area contributed by atoms with Gasteiger partial charge in [-0.15, -0.1) is 0 Å². The molecule has 2 aliphatic rings. The monoisotopic (exact) mass is 284 g/mol. The number of sulfonamides is 1. The molecule has 0 amide bonds. The van der Waals surface area contributed by atoms with Crippen molar-refractivity contribution >= 4 is 10.0 Å². The Balaban J connectivity index is 1.87. The lowest BCUT2D eigenvalue weighted by Crippen LogP contribution is -2.43. The minimum Gasteiger partial charge on any atom is -0.316 e. The predicted molar refractivity (Wildman–Crippen MR) is 69.6 cm³/mol. The van der Waals surface area contributed by atoms with E-state index in [0.717, 1.165) is 19.5 Å². The van der Waals surface area contributed by atoms with Crippen LogP contribution in [-0.4, -0.2) is 38.9 Å². The summed E-state index contributed by atoms with van der Waals surface area (Å²) in [6.07, 6.45) is 0.853. The number of rotatable bonds is 2. The number of halogens is 1. The Bertz CT molecular complexity index is 576. The molecule has 0 spiro atoms. The third-order valence-corrected chi connectivity index (χ3v) is 6.02. The number of hydrogen-bond donors (Lipinski definition) is 1. The summed E-state index contributed by atoms with van der Waals surface area (Å²) in [4.78, 5) is -0.209. The van der Waals surface area contributed by atoms with Crippen LogP contribution in [0.5, 0.6) is 0 Å². The van der Waals surface area contributed by atoms with Crippen molar-refractivity contribution in [2.24, 2.45) is 11.8 Å². The van der Waals surface area contributed by atoms with Gasteiger partial charge in [0, 0.05) is 13.1 Å². The number of benzene rings is 1. The Morgan fingerprint density at radius 1 is 1.21 bits per heavy atom. The molecule has 0 radical (unpaired) electrons. The highest BCUT2D eigenvalue weighted by atomic mass is 32.2. The fourth-order valence-electron chi connectivity index (χ4n) is 3.01. The summed E-state index contributed by atoms with van der Waals surface area (Å²) < 4.78 is 40.0. The van der Waals surface area contributed by atoms with E-state index in [-0.39, 0.29) is 4.90 Å². The van der Waals surface area contributed by atoms with Gasteiger partial charge in [0.1, 0.15) is 10.7 Å². The standard InChI is InChI=1S/C13H17FN2O2S/c14-12-3-1-2-4-13(12)19(17,18)16-6-5-10-7-15-8-11(10)9-16/h1-4,10-11,15H,5-9H2. The van der Waals surface area contributed by atoms with Gasteiger partial charge in [-0.3, -0.25) is 0 Å². The van der Waals surface area contributed by atoms with Gasteiger partial charge in [0.05, 0.1) is 0 Å². The molecule has 2 fully saturated rings. The molecular weight excluding hydrogens is 267 g/mol. The molecule has 0 saturated carbocycles. The minimum absolute atomic E-state index is 0.209. The number of piperidine rings is 1. The van der Waals surface area contributed by atoms with E-state index >= 15 is 0 Å². The molecule has 0 aromatic heterocycles. The second-order valence-corrected chi connectivity index (χ2v) is 7.17. The van der Waals surface area contributed by atoms with Crippen LogP contribution in [0, 0.1) is 17.7 Å². The molecule has 3 rings (SSSR count). The zero-order valence-corrected chi connectivity index (χ0v) is 11.4. The van der Waals surface area contributed by atoms with Crippen molar-refractivity contribution in [1.29, 1.82) is 0 Å². The Hall–Kier alpha value is -0.980. The molecule has 0 aliphatic carbocycles. The van der Waals surface area contributed by atoms with Crippen molar-refractivity contribution in [3.05, 3.63) is 30.1 Å². The Labute approximate surface area is 112 Å². The molecule has 1 aromatic carbocycles. The van der Waals surface area contributed by atoms with Gasteiger partial charge in [-0.2, -0.15) is 4.31 Å². The van der Waals surface area contributed by atoms with Gasteiger partial charge in [0.15, 0.2) is 0 Å². The van der Waals surface area contributed by atoms with Gasteiger partial charge in [-0.25, -0.2) is 12.8 Å². The molecule has 0 bridgehead atoms. The average Bonchev–Trinajstić information content (AvgIpc) is 2.86. The first-order valence-electron chi connectivity index (χ1n) is 6.54. The van der Waals surface area contributed by atoms with Crippen LogP contribution >= 0.6 is 0 Å². The summed E-state index contributed by atoms with van der Waals surface area (Å²) in [5.41, 5.74) is 0. The van der Waals surface area contributed by atoms with Gasteiger partial charge in [0.25, 0.3) is 0 Å². The summed E-state index contributed by atoms with van der Waals surface area (Å²) >= 11 is 0. The van der Waals surface area contributed by atoms with Gasteiger partial charge < -0.3 is 5.32 Å². The summed E-state index contributed by atoms with van der Waals surface area (Å²) in [7, 11) is -3.70. The summed E-state index contributed by atoms with van der Waals surface area (Å²) in [6.45, 7) is 2.81. The molecule has 6 heteroatoms. The normalized spacial score (nSPS) is 28.3. The SMILES string of the molecule is O=S(=O)(c1ccccc1F)N1CCC2CNCC2C1. The molecular formula is C13H17FN2O2S. The Morgan fingerprint density at radius 3 is 2.74 bits per heavy atom. The maximum absolute atomic E-state index is 13.7. The number of nitrogens with one attached hydrogen (secondary N) is 1. The van der Waals surface area contributed by atoms with E-state index in [1.807, 2.05) is 0 Å². The lowest BCUT2D eigenvalue weighted by Gasteiger charge is -2.33.